The highest BCUT2D eigenvalue weighted by atomic mass is 15.3. The van der Waals surface area contributed by atoms with Crippen LogP contribution in [-0.4, -0.2) is 11.9 Å². The molecule has 3 N–H and O–H groups in total. The van der Waals surface area contributed by atoms with E-state index in [0.717, 1.165) is 11.4 Å². The van der Waals surface area contributed by atoms with Crippen molar-refractivity contribution in [2.75, 3.05) is 0 Å². The van der Waals surface area contributed by atoms with Crippen LogP contribution in [0.2, 0.25) is 0 Å². The van der Waals surface area contributed by atoms with Crippen molar-refractivity contribution in [3.63, 3.8) is 0 Å². The zero-order chi connectivity index (χ0) is 10.8. The summed E-state index contributed by atoms with van der Waals surface area (Å²) in [5, 5.41) is 0. The van der Waals surface area contributed by atoms with Crippen molar-refractivity contribution < 1.29 is 0 Å². The van der Waals surface area contributed by atoms with E-state index in [-0.39, 0.29) is 0 Å². The highest BCUT2D eigenvalue weighted by Gasteiger charge is 2.21. The van der Waals surface area contributed by atoms with Gasteiger partial charge in [0, 0.05) is 5.56 Å². The Morgan fingerprint density at radius 3 is 2.33 bits per heavy atom. The molecule has 1 saturated carbocycles. The van der Waals surface area contributed by atoms with Gasteiger partial charge < -0.3 is 5.43 Å². The van der Waals surface area contributed by atoms with Crippen LogP contribution in [0.15, 0.2) is 23.2 Å². The third-order valence-electron chi connectivity index (χ3n) is 2.49. The molecule has 2 rings (SSSR count). The highest BCUT2D eigenvalue weighted by Crippen LogP contribution is 2.24. The normalized spacial score (nSPS) is 16.6. The average molecular weight is 203 g/mol. The Labute approximate surface area is 90.4 Å². The molecular formula is C12H17N3. The number of aryl methyl sites for hydroxylation is 2. The second-order valence-corrected chi connectivity index (χ2v) is 4.23. The van der Waals surface area contributed by atoms with Crippen molar-refractivity contribution >= 4 is 5.84 Å². The number of nitrogens with one attached hydrogen (secondary N) is 1. The van der Waals surface area contributed by atoms with Crippen LogP contribution >= 0.6 is 0 Å². The van der Waals surface area contributed by atoms with E-state index >= 15 is 0 Å². The van der Waals surface area contributed by atoms with Crippen molar-refractivity contribution in [2.45, 2.75) is 32.7 Å². The van der Waals surface area contributed by atoms with Crippen LogP contribution in [-0.2, 0) is 0 Å². The Morgan fingerprint density at radius 1 is 1.27 bits per heavy atom. The maximum Gasteiger partial charge on any atom is 0.142 e. The first-order valence-electron chi connectivity index (χ1n) is 5.32. The monoisotopic (exact) mass is 203 g/mol. The van der Waals surface area contributed by atoms with Crippen molar-refractivity contribution in [1.82, 2.24) is 5.43 Å². The van der Waals surface area contributed by atoms with Crippen molar-refractivity contribution in [3.8, 4) is 0 Å². The smallest absolute Gasteiger partial charge is 0.142 e. The average Bonchev–Trinajstić information content (AvgIpc) is 2.96. The van der Waals surface area contributed by atoms with Crippen LogP contribution < -0.4 is 11.3 Å². The van der Waals surface area contributed by atoms with Crippen LogP contribution in [0, 0.1) is 13.8 Å². The topological polar surface area (TPSA) is 50.4 Å². The Bertz CT molecular complexity index is 372. The fourth-order valence-electron chi connectivity index (χ4n) is 1.69. The molecule has 0 saturated heterocycles. The lowest BCUT2D eigenvalue weighted by Gasteiger charge is -2.08. The van der Waals surface area contributed by atoms with Crippen LogP contribution in [0.5, 0.6) is 0 Å². The molecule has 0 amide bonds. The molecule has 0 atom stereocenters. The summed E-state index contributed by atoms with van der Waals surface area (Å²) >= 11 is 0. The zero-order valence-electron chi connectivity index (χ0n) is 9.25. The molecule has 15 heavy (non-hydrogen) atoms. The van der Waals surface area contributed by atoms with Crippen molar-refractivity contribution in [3.05, 3.63) is 34.9 Å². The molecule has 3 heteroatoms. The summed E-state index contributed by atoms with van der Waals surface area (Å²) in [6, 6.07) is 6.84. The first kappa shape index (κ1) is 10.2. The number of hydrogen-bond acceptors (Lipinski definition) is 2. The molecule has 1 fully saturated rings. The van der Waals surface area contributed by atoms with Gasteiger partial charge in [-0.05, 0) is 38.8 Å². The van der Waals surface area contributed by atoms with Gasteiger partial charge >= 0.3 is 0 Å². The molecule has 1 aliphatic rings. The predicted molar refractivity (Wildman–Crippen MR) is 62.8 cm³/mol. The van der Waals surface area contributed by atoms with Gasteiger partial charge in [0.25, 0.3) is 0 Å². The lowest BCUT2D eigenvalue weighted by atomic mass is 10.1. The first-order valence-corrected chi connectivity index (χ1v) is 5.32. The minimum absolute atomic E-state index is 0.483. The van der Waals surface area contributed by atoms with E-state index in [1.807, 2.05) is 0 Å². The van der Waals surface area contributed by atoms with Gasteiger partial charge in [0.05, 0.1) is 6.04 Å². The number of rotatable bonds is 2. The lowest BCUT2D eigenvalue weighted by molar-refractivity contribution is 0.970. The second kappa shape index (κ2) is 4.03. The molecule has 0 spiro atoms. The second-order valence-electron chi connectivity index (χ2n) is 4.23. The van der Waals surface area contributed by atoms with E-state index in [1.54, 1.807) is 0 Å². The molecule has 0 aromatic heterocycles. The van der Waals surface area contributed by atoms with Crippen LogP contribution in [0.3, 0.4) is 0 Å². The van der Waals surface area contributed by atoms with E-state index in [0.29, 0.717) is 6.04 Å². The quantitative estimate of drug-likeness (QED) is 0.332. The van der Waals surface area contributed by atoms with Gasteiger partial charge in [0.15, 0.2) is 0 Å². The summed E-state index contributed by atoms with van der Waals surface area (Å²) in [5.41, 5.74) is 6.26. The number of nitrogens with zero attached hydrogens (tertiary/aromatic N) is 1. The van der Waals surface area contributed by atoms with Gasteiger partial charge in [-0.2, -0.15) is 0 Å². The SMILES string of the molecule is Cc1cc(C)cc(C(=NC2CC2)NN)c1. The molecule has 1 aromatic rings. The molecular weight excluding hydrogens is 186 g/mol. The van der Waals surface area contributed by atoms with Crippen molar-refractivity contribution in [1.29, 1.82) is 0 Å². The summed E-state index contributed by atoms with van der Waals surface area (Å²) in [4.78, 5) is 4.54. The fraction of sp³-hybridized carbons (Fsp3) is 0.417. The molecule has 0 radical (unpaired) electrons. The molecule has 0 heterocycles. The van der Waals surface area contributed by atoms with Gasteiger partial charge in [-0.25, -0.2) is 5.84 Å². The number of hydrogen-bond donors (Lipinski definition) is 2. The van der Waals surface area contributed by atoms with Gasteiger partial charge in [-0.3, -0.25) is 4.99 Å². The van der Waals surface area contributed by atoms with E-state index in [4.69, 9.17) is 5.84 Å². The zero-order valence-corrected chi connectivity index (χ0v) is 9.25. The van der Waals surface area contributed by atoms with Crippen LogP contribution in [0.1, 0.15) is 29.5 Å². The number of benzene rings is 1. The van der Waals surface area contributed by atoms with E-state index in [2.05, 4.69) is 42.5 Å². The number of aliphatic imine (C=N–C) groups is 1. The summed E-state index contributed by atoms with van der Waals surface area (Å²) in [6.45, 7) is 4.17. The maximum atomic E-state index is 5.50. The molecule has 1 aliphatic carbocycles. The lowest BCUT2D eigenvalue weighted by Crippen LogP contribution is -2.31. The Morgan fingerprint density at radius 2 is 1.87 bits per heavy atom. The first-order chi connectivity index (χ1) is 7.19. The molecule has 0 aliphatic heterocycles. The Balaban J connectivity index is 2.32. The van der Waals surface area contributed by atoms with Crippen LogP contribution in [0.25, 0.3) is 0 Å². The van der Waals surface area contributed by atoms with Gasteiger partial charge in [0.1, 0.15) is 5.84 Å². The van der Waals surface area contributed by atoms with Gasteiger partial charge in [0.2, 0.25) is 0 Å². The third-order valence-corrected chi connectivity index (χ3v) is 2.49. The summed E-state index contributed by atoms with van der Waals surface area (Å²) in [7, 11) is 0. The molecule has 0 bridgehead atoms. The Hall–Kier alpha value is -1.35. The van der Waals surface area contributed by atoms with Gasteiger partial charge in [-0.15, -0.1) is 0 Å². The van der Waals surface area contributed by atoms with Gasteiger partial charge in [-0.1, -0.05) is 17.2 Å². The maximum absolute atomic E-state index is 5.50. The third kappa shape index (κ3) is 2.57. The number of nitrogens with two attached hydrogens (primary N) is 1. The molecule has 3 nitrogen and oxygen atoms in total. The number of amidine groups is 1. The fourth-order valence-corrected chi connectivity index (χ4v) is 1.69. The number of hydrazine groups is 1. The predicted octanol–water partition coefficient (Wildman–Crippen LogP) is 1.68. The summed E-state index contributed by atoms with van der Waals surface area (Å²) in [6.07, 6.45) is 2.38. The van der Waals surface area contributed by atoms with Crippen molar-refractivity contribution in [2.24, 2.45) is 10.8 Å². The van der Waals surface area contributed by atoms with E-state index < -0.39 is 0 Å². The molecule has 1 aromatic carbocycles. The highest BCUT2D eigenvalue weighted by molar-refractivity contribution is 5.98. The summed E-state index contributed by atoms with van der Waals surface area (Å²) < 4.78 is 0. The van der Waals surface area contributed by atoms with E-state index in [1.165, 1.54) is 24.0 Å². The minimum Gasteiger partial charge on any atom is -0.308 e. The minimum atomic E-state index is 0.483. The molecule has 0 unspecified atom stereocenters. The molecule has 80 valence electrons. The Kier molecular flexibility index (Phi) is 2.73. The van der Waals surface area contributed by atoms with E-state index in [9.17, 15) is 0 Å². The largest absolute Gasteiger partial charge is 0.308 e. The standard InChI is InChI=1S/C12H17N3/c1-8-5-9(2)7-10(6-8)12(15-13)14-11-3-4-11/h5-7,11H,3-4,13H2,1-2H3,(H,14,15). The summed E-state index contributed by atoms with van der Waals surface area (Å²) in [5.74, 6) is 6.31. The van der Waals surface area contributed by atoms with Crippen LogP contribution in [0.4, 0.5) is 0 Å².